The monoisotopic (exact) mass is 512 g/mol. The lowest BCUT2D eigenvalue weighted by Crippen LogP contribution is -2.34. The summed E-state index contributed by atoms with van der Waals surface area (Å²) in [5, 5.41) is 19.3. The number of amides is 2. The molecule has 2 aromatic rings. The Balaban J connectivity index is 2.16. The number of pyridine rings is 2. The summed E-state index contributed by atoms with van der Waals surface area (Å²) in [4.78, 5) is 32.2. The molecule has 0 saturated carbocycles. The smallest absolute Gasteiger partial charge is 0.405 e. The van der Waals surface area contributed by atoms with Crippen LogP contribution in [-0.4, -0.2) is 58.0 Å². The molecular formula is C19H15F7N4O5. The van der Waals surface area contributed by atoms with Crippen LogP contribution >= 0.6 is 0 Å². The second kappa shape index (κ2) is 8.92. The van der Waals surface area contributed by atoms with Crippen LogP contribution in [0.5, 0.6) is 5.75 Å². The molecule has 0 radical (unpaired) electrons. The number of aliphatic hydroxyl groups excluding tert-OH is 2. The Morgan fingerprint density at radius 2 is 1.77 bits per heavy atom. The fourth-order valence-corrected chi connectivity index (χ4v) is 3.02. The first-order valence-corrected chi connectivity index (χ1v) is 9.48. The van der Waals surface area contributed by atoms with E-state index in [-0.39, 0.29) is 16.4 Å². The number of halogens is 7. The lowest BCUT2D eigenvalue weighted by atomic mass is 10.1. The van der Waals surface area contributed by atoms with E-state index in [1.165, 1.54) is 6.92 Å². The average Bonchev–Trinajstić information content (AvgIpc) is 3.00. The van der Waals surface area contributed by atoms with E-state index in [1.54, 1.807) is 0 Å². The van der Waals surface area contributed by atoms with Crippen molar-refractivity contribution >= 4 is 23.6 Å². The van der Waals surface area contributed by atoms with Crippen molar-refractivity contribution in [2.45, 2.75) is 31.5 Å². The van der Waals surface area contributed by atoms with Crippen LogP contribution in [0.15, 0.2) is 18.2 Å². The van der Waals surface area contributed by atoms with Gasteiger partial charge in [-0.2, -0.15) is 26.3 Å². The minimum Gasteiger partial charge on any atom is -0.405 e. The van der Waals surface area contributed by atoms with E-state index in [0.717, 1.165) is 19.2 Å². The van der Waals surface area contributed by atoms with Crippen LogP contribution in [0.4, 0.5) is 47.2 Å². The Morgan fingerprint density at radius 1 is 1.14 bits per heavy atom. The van der Waals surface area contributed by atoms with E-state index in [1.807, 2.05) is 0 Å². The summed E-state index contributed by atoms with van der Waals surface area (Å²) in [5.41, 5.74) is -4.36. The number of aliphatic hydroxyl groups is 2. The Kier molecular flexibility index (Phi) is 6.65. The lowest BCUT2D eigenvalue weighted by molar-refractivity contribution is -0.146. The van der Waals surface area contributed by atoms with Gasteiger partial charge in [-0.1, -0.05) is 0 Å². The highest BCUT2D eigenvalue weighted by Gasteiger charge is 2.47. The number of nitrogens with zero attached hydrogens (tertiary/aromatic N) is 4. The van der Waals surface area contributed by atoms with Crippen LogP contribution in [0.25, 0.3) is 0 Å². The van der Waals surface area contributed by atoms with Crippen molar-refractivity contribution in [2.24, 2.45) is 0 Å². The maximum absolute atomic E-state index is 13.7. The number of aryl methyl sites for hydroxylation is 1. The second-order valence-electron chi connectivity index (χ2n) is 7.33. The van der Waals surface area contributed by atoms with Gasteiger partial charge in [0.2, 0.25) is 0 Å². The number of alkyl halides is 6. The number of aromatic nitrogens is 2. The van der Waals surface area contributed by atoms with Gasteiger partial charge in [0.15, 0.2) is 17.7 Å². The molecule has 1 aliphatic rings. The van der Waals surface area contributed by atoms with Gasteiger partial charge in [0.1, 0.15) is 29.0 Å². The summed E-state index contributed by atoms with van der Waals surface area (Å²) in [6.45, 7) is 0.290. The van der Waals surface area contributed by atoms with Crippen molar-refractivity contribution in [3.05, 3.63) is 41.0 Å². The Hall–Kier alpha value is -3.53. The number of carbonyl (C=O) groups is 2. The number of carbonyl (C=O) groups excluding carboxylic acids is 2. The van der Waals surface area contributed by atoms with Gasteiger partial charge in [-0.05, 0) is 25.1 Å². The summed E-state index contributed by atoms with van der Waals surface area (Å²) in [5.74, 6) is -5.51. The second-order valence-corrected chi connectivity index (χ2v) is 7.33. The maximum Gasteiger partial charge on any atom is 0.433 e. The van der Waals surface area contributed by atoms with E-state index in [2.05, 4.69) is 9.97 Å². The SMILES string of the molecule is Cc1nc(N(C)C(=O)Oc2c(C(F)(F)F)cc(C(F)(F)F)nc2N2C[C@H](O)[C@H](O)C2=O)ccc1F. The molecule has 35 heavy (non-hydrogen) atoms. The molecule has 0 unspecified atom stereocenters. The quantitative estimate of drug-likeness (QED) is 0.608. The van der Waals surface area contributed by atoms with Gasteiger partial charge in [0.25, 0.3) is 5.91 Å². The van der Waals surface area contributed by atoms with Crippen LogP contribution in [0.3, 0.4) is 0 Å². The minimum absolute atomic E-state index is 0.142. The van der Waals surface area contributed by atoms with Crippen molar-refractivity contribution in [3.63, 3.8) is 0 Å². The molecule has 0 bridgehead atoms. The molecule has 3 rings (SSSR count). The molecule has 2 N–H and O–H groups in total. The molecule has 9 nitrogen and oxygen atoms in total. The number of β-amino-alcohol motifs (C(OH)–C–C–N with tert-alkyl or cyclic N) is 1. The molecular weight excluding hydrogens is 497 g/mol. The van der Waals surface area contributed by atoms with Crippen LogP contribution < -0.4 is 14.5 Å². The van der Waals surface area contributed by atoms with Gasteiger partial charge < -0.3 is 14.9 Å². The van der Waals surface area contributed by atoms with Crippen LogP contribution in [-0.2, 0) is 17.1 Å². The Bertz CT molecular complexity index is 1170. The van der Waals surface area contributed by atoms with Gasteiger partial charge >= 0.3 is 18.4 Å². The van der Waals surface area contributed by atoms with Crippen molar-refractivity contribution in [2.75, 3.05) is 23.4 Å². The summed E-state index contributed by atoms with van der Waals surface area (Å²) in [7, 11) is 0.973. The molecule has 1 fully saturated rings. The predicted octanol–water partition coefficient (Wildman–Crippen LogP) is 2.67. The van der Waals surface area contributed by atoms with E-state index in [4.69, 9.17) is 4.74 Å². The zero-order valence-electron chi connectivity index (χ0n) is 17.6. The van der Waals surface area contributed by atoms with Crippen molar-refractivity contribution in [1.82, 2.24) is 9.97 Å². The third-order valence-electron chi connectivity index (χ3n) is 4.87. The van der Waals surface area contributed by atoms with Crippen LogP contribution in [0.1, 0.15) is 17.0 Å². The largest absolute Gasteiger partial charge is 0.433 e. The first-order chi connectivity index (χ1) is 16.0. The van der Waals surface area contributed by atoms with Gasteiger partial charge in [0.05, 0.1) is 12.2 Å². The topological polar surface area (TPSA) is 116 Å². The predicted molar refractivity (Wildman–Crippen MR) is 102 cm³/mol. The lowest BCUT2D eigenvalue weighted by Gasteiger charge is -2.24. The molecule has 2 atom stereocenters. The molecule has 1 saturated heterocycles. The molecule has 0 spiro atoms. The average molecular weight is 512 g/mol. The van der Waals surface area contributed by atoms with Crippen LogP contribution in [0, 0.1) is 12.7 Å². The number of hydrogen-bond acceptors (Lipinski definition) is 7. The molecule has 1 aliphatic heterocycles. The fourth-order valence-electron chi connectivity index (χ4n) is 3.02. The first kappa shape index (κ1) is 26.1. The summed E-state index contributed by atoms with van der Waals surface area (Å²) >= 11 is 0. The maximum atomic E-state index is 13.7. The summed E-state index contributed by atoms with van der Waals surface area (Å²) < 4.78 is 99.3. The minimum atomic E-state index is -5.53. The first-order valence-electron chi connectivity index (χ1n) is 9.48. The molecule has 2 amide bonds. The number of rotatable bonds is 3. The molecule has 0 aromatic carbocycles. The van der Waals surface area contributed by atoms with Gasteiger partial charge in [-0.15, -0.1) is 0 Å². The molecule has 2 aromatic heterocycles. The van der Waals surface area contributed by atoms with Gasteiger partial charge in [-0.3, -0.25) is 14.6 Å². The van der Waals surface area contributed by atoms with Crippen LogP contribution in [0.2, 0.25) is 0 Å². The Morgan fingerprint density at radius 3 is 2.26 bits per heavy atom. The van der Waals surface area contributed by atoms with E-state index in [0.29, 0.717) is 4.90 Å². The van der Waals surface area contributed by atoms with Gasteiger partial charge in [0, 0.05) is 7.05 Å². The normalized spacial score (nSPS) is 18.7. The fraction of sp³-hybridized carbons (Fsp3) is 0.368. The standard InChI is InChI=1S/C19H15F7N4O5/c1-7-9(20)3-4-12(27-7)29(2)17(34)35-14-8(18(21,22)23)5-11(19(24,25)26)28-15(14)30-6-10(31)13(32)16(30)33/h3-5,10,13,31-32H,6H2,1-2H3/t10-,13-/m0/s1. The number of anilines is 2. The molecule has 16 heteroatoms. The Labute approximate surface area is 191 Å². The van der Waals surface area contributed by atoms with Crippen molar-refractivity contribution in [3.8, 4) is 5.75 Å². The zero-order chi connectivity index (χ0) is 26.5. The van der Waals surface area contributed by atoms with Crippen molar-refractivity contribution < 1.29 is 55.3 Å². The summed E-state index contributed by atoms with van der Waals surface area (Å²) in [6, 6.07) is 1.47. The highest BCUT2D eigenvalue weighted by molar-refractivity contribution is 6.00. The van der Waals surface area contributed by atoms with Gasteiger partial charge in [-0.25, -0.2) is 19.2 Å². The third kappa shape index (κ3) is 5.12. The molecule has 0 aliphatic carbocycles. The summed E-state index contributed by atoms with van der Waals surface area (Å²) in [6.07, 6.45) is -16.6. The van der Waals surface area contributed by atoms with Crippen molar-refractivity contribution in [1.29, 1.82) is 0 Å². The highest BCUT2D eigenvalue weighted by Crippen LogP contribution is 2.45. The highest BCUT2D eigenvalue weighted by atomic mass is 19.4. The van der Waals surface area contributed by atoms with E-state index >= 15 is 0 Å². The number of ether oxygens (including phenoxy) is 1. The zero-order valence-corrected chi connectivity index (χ0v) is 17.6. The molecule has 3 heterocycles. The third-order valence-corrected chi connectivity index (χ3v) is 4.87. The molecule has 190 valence electrons. The van der Waals surface area contributed by atoms with E-state index in [9.17, 15) is 50.5 Å². The van der Waals surface area contributed by atoms with E-state index < -0.39 is 77.8 Å². The number of hydrogen-bond donors (Lipinski definition) is 2.